The highest BCUT2D eigenvalue weighted by Gasteiger charge is 2.47. The van der Waals surface area contributed by atoms with Gasteiger partial charge in [-0.15, -0.1) is 0 Å². The first kappa shape index (κ1) is 22.4. The van der Waals surface area contributed by atoms with Crippen LogP contribution in [-0.2, 0) is 18.9 Å². The van der Waals surface area contributed by atoms with Crippen LogP contribution < -0.4 is 22.9 Å². The van der Waals surface area contributed by atoms with Crippen molar-refractivity contribution < 1.29 is 34.3 Å². The lowest BCUT2D eigenvalue weighted by atomic mass is 9.84. The van der Waals surface area contributed by atoms with Gasteiger partial charge in [-0.1, -0.05) is 0 Å². The van der Waals surface area contributed by atoms with Gasteiger partial charge in [-0.2, -0.15) is 0 Å². The second-order valence-electron chi connectivity index (χ2n) is 7.75. The van der Waals surface area contributed by atoms with Crippen LogP contribution in [0, 0.1) is 0 Å². The van der Waals surface area contributed by atoms with Crippen molar-refractivity contribution in [1.82, 2.24) is 0 Å². The predicted molar refractivity (Wildman–Crippen MR) is 102 cm³/mol. The maximum absolute atomic E-state index is 10.9. The summed E-state index contributed by atoms with van der Waals surface area (Å²) in [5.74, 6) is 0.562. The Morgan fingerprint density at radius 3 is 2.31 bits per heavy atom. The van der Waals surface area contributed by atoms with E-state index < -0.39 is 55.1 Å². The molecule has 0 bridgehead atoms. The average Bonchev–Trinajstić information content (AvgIpc) is 2.70. The van der Waals surface area contributed by atoms with Crippen molar-refractivity contribution in [2.45, 2.75) is 74.4 Å². The molecule has 2 fully saturated rings. The Morgan fingerprint density at radius 1 is 1.07 bits per heavy atom. The summed E-state index contributed by atoms with van der Waals surface area (Å²) in [7, 11) is 0. The molecule has 1 saturated heterocycles. The van der Waals surface area contributed by atoms with E-state index in [1.807, 2.05) is 0 Å². The van der Waals surface area contributed by atoms with Crippen LogP contribution in [0.2, 0.25) is 0 Å². The Morgan fingerprint density at radius 2 is 1.72 bits per heavy atom. The lowest BCUT2D eigenvalue weighted by Crippen LogP contribution is -2.65. The maximum atomic E-state index is 10.9. The van der Waals surface area contributed by atoms with Crippen molar-refractivity contribution in [3.05, 3.63) is 23.7 Å². The zero-order valence-corrected chi connectivity index (χ0v) is 16.2. The summed E-state index contributed by atoms with van der Waals surface area (Å²) in [6, 6.07) is -1.60. The third-order valence-corrected chi connectivity index (χ3v) is 5.48. The number of ether oxygens (including phenoxy) is 4. The molecular formula is C18H32N4O7. The molecule has 0 amide bonds. The minimum Gasteiger partial charge on any atom is -0.516 e. The molecule has 1 unspecified atom stereocenters. The van der Waals surface area contributed by atoms with Crippen LogP contribution in [0.1, 0.15) is 19.3 Å². The molecule has 0 spiro atoms. The molecule has 1 aliphatic carbocycles. The lowest BCUT2D eigenvalue weighted by molar-refractivity contribution is -0.271. The van der Waals surface area contributed by atoms with Crippen molar-refractivity contribution >= 4 is 0 Å². The largest absolute Gasteiger partial charge is 0.516 e. The fourth-order valence-corrected chi connectivity index (χ4v) is 3.82. The first-order valence-electron chi connectivity index (χ1n) is 9.77. The number of rotatable bonds is 5. The Hall–Kier alpha value is -1.28. The Balaban J connectivity index is 1.66. The first-order chi connectivity index (χ1) is 13.8. The minimum absolute atomic E-state index is 0.106. The van der Waals surface area contributed by atoms with Crippen LogP contribution in [0.3, 0.4) is 0 Å². The molecule has 9 atom stereocenters. The Labute approximate surface area is 169 Å². The van der Waals surface area contributed by atoms with E-state index in [0.29, 0.717) is 24.2 Å². The van der Waals surface area contributed by atoms with Crippen molar-refractivity contribution in [3.63, 3.8) is 0 Å². The topological polar surface area (TPSA) is 202 Å². The molecule has 2 heterocycles. The van der Waals surface area contributed by atoms with Crippen LogP contribution in [0.4, 0.5) is 0 Å². The third-order valence-electron chi connectivity index (χ3n) is 5.48. The molecule has 0 aromatic heterocycles. The van der Waals surface area contributed by atoms with Gasteiger partial charge in [0, 0.05) is 18.5 Å². The number of aliphatic hydroxyl groups is 3. The molecule has 11 heteroatoms. The van der Waals surface area contributed by atoms with Gasteiger partial charge in [-0.05, 0) is 24.5 Å². The fourth-order valence-electron chi connectivity index (χ4n) is 3.82. The van der Waals surface area contributed by atoms with E-state index in [1.165, 1.54) is 0 Å². The quantitative estimate of drug-likeness (QED) is 0.236. The molecule has 0 radical (unpaired) electrons. The van der Waals surface area contributed by atoms with Gasteiger partial charge >= 0.3 is 0 Å². The smallest absolute Gasteiger partial charge is 0.215 e. The van der Waals surface area contributed by atoms with Crippen molar-refractivity contribution in [2.75, 3.05) is 13.2 Å². The van der Waals surface area contributed by atoms with Gasteiger partial charge in [0.25, 0.3) is 0 Å². The zero-order chi connectivity index (χ0) is 21.1. The van der Waals surface area contributed by atoms with E-state index in [9.17, 15) is 10.2 Å². The molecule has 1 saturated carbocycles. The normalized spacial score (nSPS) is 45.0. The number of hydrogen-bond acceptors (Lipinski definition) is 11. The highest BCUT2D eigenvalue weighted by molar-refractivity contribution is 5.05. The van der Waals surface area contributed by atoms with Crippen LogP contribution in [-0.4, -0.2) is 83.6 Å². The molecule has 0 aromatic rings. The molecule has 0 aromatic carbocycles. The molecule has 166 valence electrons. The second-order valence-corrected chi connectivity index (χ2v) is 7.75. The van der Waals surface area contributed by atoms with E-state index in [-0.39, 0.29) is 19.6 Å². The average molecular weight is 416 g/mol. The molecule has 3 rings (SSSR count). The second kappa shape index (κ2) is 9.69. The maximum Gasteiger partial charge on any atom is 0.215 e. The van der Waals surface area contributed by atoms with Crippen molar-refractivity contribution in [1.29, 1.82) is 0 Å². The Kier molecular flexibility index (Phi) is 7.48. The summed E-state index contributed by atoms with van der Waals surface area (Å²) >= 11 is 0. The highest BCUT2D eigenvalue weighted by Crippen LogP contribution is 2.30. The summed E-state index contributed by atoms with van der Waals surface area (Å²) in [5.41, 5.74) is 24.6. The minimum atomic E-state index is -1.19. The molecule has 29 heavy (non-hydrogen) atoms. The standard InChI is InChI=1S/C18H32N4O7/c19-5-9-1-2-10(20)17(27-9)28-15-11(21)4-12(22)16(14(15)25)29-18-13(24)3-8(6-23)7-26-18/h1,6,10-18,23-25H,2-5,7,19-22H2/b8-6+/t10-,11+,12-,13-,14+,15?,16+,17-,18-/m1/s1. The number of nitrogens with two attached hydrogens (primary N) is 4. The van der Waals surface area contributed by atoms with Crippen LogP contribution in [0.15, 0.2) is 23.7 Å². The number of aliphatic hydroxyl groups excluding tert-OH is 3. The number of hydrogen-bond donors (Lipinski definition) is 7. The van der Waals surface area contributed by atoms with Gasteiger partial charge in [0.2, 0.25) is 6.29 Å². The van der Waals surface area contributed by atoms with E-state index in [0.717, 1.165) is 6.26 Å². The van der Waals surface area contributed by atoms with Gasteiger partial charge in [-0.25, -0.2) is 0 Å². The fraction of sp³-hybridized carbons (Fsp3) is 0.778. The van der Waals surface area contributed by atoms with E-state index >= 15 is 0 Å². The van der Waals surface area contributed by atoms with Gasteiger partial charge in [-0.3, -0.25) is 0 Å². The molecule has 2 aliphatic heterocycles. The van der Waals surface area contributed by atoms with Gasteiger partial charge in [0.15, 0.2) is 6.29 Å². The summed E-state index contributed by atoms with van der Waals surface area (Å²) in [6.45, 7) is 0.318. The van der Waals surface area contributed by atoms with Gasteiger partial charge < -0.3 is 57.2 Å². The van der Waals surface area contributed by atoms with E-state index in [2.05, 4.69) is 0 Å². The summed E-state index contributed by atoms with van der Waals surface area (Å²) in [4.78, 5) is 0. The molecular weight excluding hydrogens is 384 g/mol. The zero-order valence-electron chi connectivity index (χ0n) is 16.2. The molecule has 11 nitrogen and oxygen atoms in total. The predicted octanol–water partition coefficient (Wildman–Crippen LogP) is -2.36. The van der Waals surface area contributed by atoms with Crippen LogP contribution >= 0.6 is 0 Å². The van der Waals surface area contributed by atoms with E-state index in [4.69, 9.17) is 47.0 Å². The van der Waals surface area contributed by atoms with E-state index in [1.54, 1.807) is 6.08 Å². The molecule has 11 N–H and O–H groups in total. The monoisotopic (exact) mass is 416 g/mol. The van der Waals surface area contributed by atoms with Crippen molar-refractivity contribution in [3.8, 4) is 0 Å². The van der Waals surface area contributed by atoms with Crippen LogP contribution in [0.25, 0.3) is 0 Å². The van der Waals surface area contributed by atoms with Crippen LogP contribution in [0.5, 0.6) is 0 Å². The highest BCUT2D eigenvalue weighted by atomic mass is 16.7. The molecule has 3 aliphatic rings. The third kappa shape index (κ3) is 5.08. The SMILES string of the molecule is NCC1=CC[C@@H](N)[C@@H](OC2[C@@H](N)C[C@@H](N)[C@H](O[C@H]3OC/C(=C/O)C[C@H]3O)[C@H]2O)O1. The van der Waals surface area contributed by atoms with Gasteiger partial charge in [0.05, 0.1) is 25.5 Å². The Bertz CT molecular complexity index is 619. The lowest BCUT2D eigenvalue weighted by Gasteiger charge is -2.45. The van der Waals surface area contributed by atoms with Gasteiger partial charge in [0.1, 0.15) is 30.2 Å². The van der Waals surface area contributed by atoms with Crippen molar-refractivity contribution in [2.24, 2.45) is 22.9 Å². The summed E-state index contributed by atoms with van der Waals surface area (Å²) < 4.78 is 22.8. The first-order valence-corrected chi connectivity index (χ1v) is 9.77. The summed E-state index contributed by atoms with van der Waals surface area (Å²) in [5, 5.41) is 30.2. The summed E-state index contributed by atoms with van der Waals surface area (Å²) in [6.07, 6.45) is -2.00.